The molecule has 2 nitrogen and oxygen atoms in total. The number of rotatable bonds is 5. The predicted octanol–water partition coefficient (Wildman–Crippen LogP) is 6.11. The van der Waals surface area contributed by atoms with Gasteiger partial charge < -0.3 is 0 Å². The topological polar surface area (TPSA) is 25.8 Å². The van der Waals surface area contributed by atoms with Crippen LogP contribution in [0.25, 0.3) is 11.4 Å². The smallest absolute Gasteiger partial charge is 0.159 e. The summed E-state index contributed by atoms with van der Waals surface area (Å²) in [5.74, 6) is 2.44. The minimum absolute atomic E-state index is 0.736. The van der Waals surface area contributed by atoms with Crippen LogP contribution in [0.1, 0.15) is 44.6 Å². The van der Waals surface area contributed by atoms with Crippen LogP contribution in [-0.4, -0.2) is 9.97 Å². The Bertz CT molecular complexity index is 653. The van der Waals surface area contributed by atoms with Gasteiger partial charge in [0.05, 0.1) is 0 Å². The van der Waals surface area contributed by atoms with E-state index in [1.807, 2.05) is 36.7 Å². The van der Waals surface area contributed by atoms with E-state index in [-0.39, 0.29) is 0 Å². The lowest BCUT2D eigenvalue weighted by molar-refractivity contribution is 0.296. The zero-order chi connectivity index (χ0) is 16.8. The van der Waals surface area contributed by atoms with Crippen LogP contribution in [0.5, 0.6) is 0 Å². The fourth-order valence-electron chi connectivity index (χ4n) is 3.54. The molecule has 0 unspecified atom stereocenters. The zero-order valence-corrected chi connectivity index (χ0v) is 15.0. The Balaban J connectivity index is 1.51. The van der Waals surface area contributed by atoms with E-state index in [1.54, 1.807) is 0 Å². The van der Waals surface area contributed by atoms with Gasteiger partial charge in [-0.25, -0.2) is 9.97 Å². The first-order chi connectivity index (χ1) is 11.7. The van der Waals surface area contributed by atoms with E-state index in [0.29, 0.717) is 0 Å². The molecule has 0 saturated heterocycles. The molecule has 1 aromatic heterocycles. The van der Waals surface area contributed by atoms with Gasteiger partial charge in [-0.05, 0) is 87.1 Å². The van der Waals surface area contributed by atoms with Gasteiger partial charge in [-0.2, -0.15) is 0 Å². The molecule has 0 spiro atoms. The third kappa shape index (κ3) is 4.67. The third-order valence-electron chi connectivity index (χ3n) is 5.01. The van der Waals surface area contributed by atoms with Gasteiger partial charge in [0.1, 0.15) is 0 Å². The number of allylic oxidation sites excluding steroid dienone is 2. The summed E-state index contributed by atoms with van der Waals surface area (Å²) in [7, 11) is 0. The lowest BCUT2D eigenvalue weighted by Gasteiger charge is -2.26. The van der Waals surface area contributed by atoms with Gasteiger partial charge in [-0.3, -0.25) is 0 Å². The maximum atomic E-state index is 5.92. The van der Waals surface area contributed by atoms with Crippen LogP contribution in [-0.2, 0) is 6.42 Å². The van der Waals surface area contributed by atoms with Gasteiger partial charge in [0, 0.05) is 23.0 Å². The van der Waals surface area contributed by atoms with Crippen molar-refractivity contribution in [3.05, 3.63) is 59.4 Å². The molecule has 3 heteroatoms. The lowest BCUT2D eigenvalue weighted by atomic mass is 9.79. The van der Waals surface area contributed by atoms with Gasteiger partial charge in [-0.1, -0.05) is 23.8 Å². The average molecular weight is 341 g/mol. The number of hydrogen-bond donors (Lipinski definition) is 0. The molecule has 0 atom stereocenters. The molecule has 24 heavy (non-hydrogen) atoms. The Morgan fingerprint density at radius 3 is 2.33 bits per heavy atom. The number of nitrogens with zero attached hydrogens (tertiary/aromatic N) is 2. The number of hydrogen-bond acceptors (Lipinski definition) is 2. The highest BCUT2D eigenvalue weighted by Gasteiger charge is 2.19. The molecule has 0 bridgehead atoms. The van der Waals surface area contributed by atoms with E-state index in [1.165, 1.54) is 37.7 Å². The standard InChI is InChI=1S/C21H25ClN2/c1-2-3-16-4-6-17(7-5-16)8-9-18-14-23-21(24-15-18)19-10-12-20(22)13-11-19/h2-3,10-17H,4-9H2,1H3. The normalized spacial score (nSPS) is 21.2. The molecule has 1 saturated carbocycles. The highest BCUT2D eigenvalue weighted by atomic mass is 35.5. The van der Waals surface area contributed by atoms with Crippen LogP contribution in [0.2, 0.25) is 5.02 Å². The van der Waals surface area contributed by atoms with Crippen LogP contribution in [0.4, 0.5) is 0 Å². The second kappa shape index (κ2) is 8.43. The maximum absolute atomic E-state index is 5.92. The second-order valence-electron chi connectivity index (χ2n) is 6.77. The van der Waals surface area contributed by atoms with E-state index in [2.05, 4.69) is 29.0 Å². The molecule has 1 aliphatic carbocycles. The summed E-state index contributed by atoms with van der Waals surface area (Å²) in [6, 6.07) is 7.66. The Kier molecular flexibility index (Phi) is 6.03. The first-order valence-electron chi connectivity index (χ1n) is 8.94. The zero-order valence-electron chi connectivity index (χ0n) is 14.3. The summed E-state index contributed by atoms with van der Waals surface area (Å²) in [4.78, 5) is 9.03. The summed E-state index contributed by atoms with van der Waals surface area (Å²) in [6.07, 6.45) is 16.3. The first-order valence-corrected chi connectivity index (χ1v) is 9.32. The molecule has 0 amide bonds. The maximum Gasteiger partial charge on any atom is 0.159 e. The number of aryl methyl sites for hydroxylation is 1. The Hall–Kier alpha value is -1.67. The molecule has 0 radical (unpaired) electrons. The Morgan fingerprint density at radius 1 is 1.04 bits per heavy atom. The SMILES string of the molecule is CC=CC1CCC(CCc2cnc(-c3ccc(Cl)cc3)nc2)CC1. The van der Waals surface area contributed by atoms with Crippen LogP contribution >= 0.6 is 11.6 Å². The van der Waals surface area contributed by atoms with Crippen molar-refractivity contribution in [2.45, 2.75) is 45.4 Å². The number of aromatic nitrogens is 2. The van der Waals surface area contributed by atoms with Crippen LogP contribution in [0.3, 0.4) is 0 Å². The van der Waals surface area contributed by atoms with Gasteiger partial charge in [0.25, 0.3) is 0 Å². The van der Waals surface area contributed by atoms with Gasteiger partial charge in [-0.15, -0.1) is 0 Å². The van der Waals surface area contributed by atoms with Gasteiger partial charge in [0.2, 0.25) is 0 Å². The molecule has 2 aromatic rings. The van der Waals surface area contributed by atoms with Gasteiger partial charge in [0.15, 0.2) is 5.82 Å². The molecule has 1 heterocycles. The molecule has 3 rings (SSSR count). The summed E-state index contributed by atoms with van der Waals surface area (Å²) in [5, 5.41) is 0.736. The second-order valence-corrected chi connectivity index (χ2v) is 7.20. The fraction of sp³-hybridized carbons (Fsp3) is 0.429. The molecule has 1 aromatic carbocycles. The van der Waals surface area contributed by atoms with E-state index in [0.717, 1.165) is 34.7 Å². The van der Waals surface area contributed by atoms with Crippen molar-refractivity contribution < 1.29 is 0 Å². The first kappa shape index (κ1) is 17.2. The van der Waals surface area contributed by atoms with Crippen molar-refractivity contribution in [3.63, 3.8) is 0 Å². The molecule has 0 aliphatic heterocycles. The molecular weight excluding hydrogens is 316 g/mol. The minimum Gasteiger partial charge on any atom is -0.236 e. The van der Waals surface area contributed by atoms with Crippen molar-refractivity contribution in [2.24, 2.45) is 11.8 Å². The van der Waals surface area contributed by atoms with Gasteiger partial charge >= 0.3 is 0 Å². The van der Waals surface area contributed by atoms with Crippen LogP contribution < -0.4 is 0 Å². The van der Waals surface area contributed by atoms with Crippen molar-refractivity contribution in [2.75, 3.05) is 0 Å². The monoisotopic (exact) mass is 340 g/mol. The Morgan fingerprint density at radius 2 is 1.71 bits per heavy atom. The average Bonchev–Trinajstić information content (AvgIpc) is 2.63. The number of halogens is 1. The highest BCUT2D eigenvalue weighted by Crippen LogP contribution is 2.32. The summed E-state index contributed by atoms with van der Waals surface area (Å²) in [5.41, 5.74) is 2.25. The van der Waals surface area contributed by atoms with Crippen LogP contribution in [0, 0.1) is 11.8 Å². The van der Waals surface area contributed by atoms with E-state index >= 15 is 0 Å². The van der Waals surface area contributed by atoms with E-state index in [4.69, 9.17) is 11.6 Å². The van der Waals surface area contributed by atoms with Crippen molar-refractivity contribution in [3.8, 4) is 11.4 Å². The van der Waals surface area contributed by atoms with E-state index in [9.17, 15) is 0 Å². The summed E-state index contributed by atoms with van der Waals surface area (Å²) in [6.45, 7) is 2.12. The van der Waals surface area contributed by atoms with E-state index < -0.39 is 0 Å². The minimum atomic E-state index is 0.736. The molecule has 126 valence electrons. The van der Waals surface area contributed by atoms with Crippen molar-refractivity contribution >= 4 is 11.6 Å². The molecule has 1 aliphatic rings. The lowest BCUT2D eigenvalue weighted by Crippen LogP contribution is -2.13. The van der Waals surface area contributed by atoms with Crippen molar-refractivity contribution in [1.29, 1.82) is 0 Å². The predicted molar refractivity (Wildman–Crippen MR) is 101 cm³/mol. The van der Waals surface area contributed by atoms with Crippen LogP contribution in [0.15, 0.2) is 48.8 Å². The Labute approximate surface area is 150 Å². The van der Waals surface area contributed by atoms with Crippen molar-refractivity contribution in [1.82, 2.24) is 9.97 Å². The summed E-state index contributed by atoms with van der Waals surface area (Å²) >= 11 is 5.92. The largest absolute Gasteiger partial charge is 0.236 e. The quantitative estimate of drug-likeness (QED) is 0.613. The fourth-order valence-corrected chi connectivity index (χ4v) is 3.67. The summed E-state index contributed by atoms with van der Waals surface area (Å²) < 4.78 is 0. The molecule has 1 fully saturated rings. The number of benzene rings is 1. The third-order valence-corrected chi connectivity index (χ3v) is 5.26. The molecule has 0 N–H and O–H groups in total. The molecular formula is C21H25ClN2. The highest BCUT2D eigenvalue weighted by molar-refractivity contribution is 6.30.